The number of benzene rings is 3. The maximum absolute atomic E-state index is 13.7. The fraction of sp³-hybridized carbons (Fsp3) is 0.286. The van der Waals surface area contributed by atoms with Gasteiger partial charge in [0.2, 0.25) is 0 Å². The highest BCUT2D eigenvalue weighted by Crippen LogP contribution is 2.45. The van der Waals surface area contributed by atoms with E-state index in [9.17, 15) is 22.0 Å². The van der Waals surface area contributed by atoms with E-state index in [1.807, 2.05) is 10.6 Å². The highest BCUT2D eigenvalue weighted by Gasteiger charge is 2.44. The zero-order valence-corrected chi connectivity index (χ0v) is 21.8. The molecule has 0 radical (unpaired) electrons. The lowest BCUT2D eigenvalue weighted by Crippen LogP contribution is -2.26. The minimum atomic E-state index is -3.70. The van der Waals surface area contributed by atoms with Crippen molar-refractivity contribution < 1.29 is 31.5 Å². The van der Waals surface area contributed by atoms with E-state index in [0.29, 0.717) is 16.6 Å². The number of halogens is 2. The molecule has 1 aliphatic heterocycles. The van der Waals surface area contributed by atoms with Crippen molar-refractivity contribution >= 4 is 26.8 Å². The minimum absolute atomic E-state index is 0.00419. The van der Waals surface area contributed by atoms with Gasteiger partial charge in [-0.1, -0.05) is 31.2 Å². The summed E-state index contributed by atoms with van der Waals surface area (Å²) in [6.07, 6.45) is -1.73. The van der Waals surface area contributed by atoms with Gasteiger partial charge >= 0.3 is 6.29 Å². The normalized spacial score (nSPS) is 16.0. The van der Waals surface area contributed by atoms with Gasteiger partial charge in [-0.25, -0.2) is 13.4 Å². The Morgan fingerprint density at radius 3 is 2.59 bits per heavy atom. The first-order valence-corrected chi connectivity index (χ1v) is 14.3. The van der Waals surface area contributed by atoms with Crippen molar-refractivity contribution in [3.63, 3.8) is 0 Å². The Morgan fingerprint density at radius 1 is 1.10 bits per heavy atom. The number of para-hydroxylation sites is 1. The van der Waals surface area contributed by atoms with E-state index in [4.69, 9.17) is 9.72 Å². The van der Waals surface area contributed by atoms with Crippen LogP contribution in [0.15, 0.2) is 65.6 Å². The molecular formula is C28H25F2N3O5S. The van der Waals surface area contributed by atoms with Gasteiger partial charge in [-0.15, -0.1) is 8.78 Å². The second-order valence-corrected chi connectivity index (χ2v) is 12.0. The molecule has 39 heavy (non-hydrogen) atoms. The molecule has 4 aromatic rings. The molecule has 0 bridgehead atoms. The van der Waals surface area contributed by atoms with Gasteiger partial charge in [-0.05, 0) is 54.8 Å². The van der Waals surface area contributed by atoms with E-state index < -0.39 is 16.1 Å². The van der Waals surface area contributed by atoms with E-state index in [0.717, 1.165) is 29.7 Å². The molecule has 0 atom stereocenters. The average Bonchev–Trinajstić information content (AvgIpc) is 3.63. The lowest BCUT2D eigenvalue weighted by molar-refractivity contribution is -0.286. The zero-order chi connectivity index (χ0) is 27.4. The molecule has 2 aliphatic rings. The van der Waals surface area contributed by atoms with Gasteiger partial charge in [-0.2, -0.15) is 0 Å². The summed E-state index contributed by atoms with van der Waals surface area (Å²) in [4.78, 5) is 18.0. The minimum Gasteiger partial charge on any atom is -0.395 e. The number of aromatic nitrogens is 2. The quantitative estimate of drug-likeness (QED) is 0.330. The van der Waals surface area contributed by atoms with Gasteiger partial charge in [0.05, 0.1) is 28.2 Å². The molecule has 1 amide bonds. The van der Waals surface area contributed by atoms with E-state index in [2.05, 4.69) is 10.1 Å². The fourth-order valence-electron chi connectivity index (χ4n) is 4.69. The average molecular weight is 554 g/mol. The molecular weight excluding hydrogens is 528 g/mol. The summed E-state index contributed by atoms with van der Waals surface area (Å²) in [7, 11) is -3.28. The van der Waals surface area contributed by atoms with Crippen molar-refractivity contribution in [3.05, 3.63) is 83.2 Å². The molecule has 2 heterocycles. The molecule has 1 N–H and O–H groups in total. The summed E-state index contributed by atoms with van der Waals surface area (Å²) in [5.41, 5.74) is 3.16. The summed E-state index contributed by atoms with van der Waals surface area (Å²) in [5.74, 6) is 0.851. The highest BCUT2D eigenvalue weighted by molar-refractivity contribution is 7.91. The molecule has 11 heteroatoms. The van der Waals surface area contributed by atoms with E-state index in [-0.39, 0.29) is 47.1 Å². The number of nitrogens with one attached hydrogen (secondary N) is 1. The Bertz CT molecular complexity index is 1700. The third-order valence-electron chi connectivity index (χ3n) is 6.94. The molecule has 0 spiro atoms. The standard InChI is InChI=1S/C28H25F2N3O5S/c1-2-39(35,36)21-11-6-17(7-12-21)15-31-27(34)19-10-13-23-22(14-19)32-26(18-8-9-18)33(23)16-20-4-3-5-24-25(20)38-28(29,30)37-24/h3-7,10-14,18H,2,8-9,15-16H2,1H3,(H,31,34). The molecule has 1 saturated carbocycles. The Labute approximate surface area is 223 Å². The second-order valence-electron chi connectivity index (χ2n) is 9.68. The van der Waals surface area contributed by atoms with Gasteiger partial charge in [0, 0.05) is 23.6 Å². The van der Waals surface area contributed by atoms with Crippen LogP contribution in [0.25, 0.3) is 11.0 Å². The molecule has 202 valence electrons. The number of rotatable bonds is 8. The molecule has 1 fully saturated rings. The van der Waals surface area contributed by atoms with E-state index in [1.54, 1.807) is 55.5 Å². The molecule has 6 rings (SSSR count). The number of amides is 1. The zero-order valence-electron chi connectivity index (χ0n) is 21.0. The van der Waals surface area contributed by atoms with Gasteiger partial charge in [-0.3, -0.25) is 4.79 Å². The Balaban J connectivity index is 1.23. The fourth-order valence-corrected chi connectivity index (χ4v) is 5.58. The predicted octanol–water partition coefficient (Wildman–Crippen LogP) is 5.01. The Morgan fingerprint density at radius 2 is 1.87 bits per heavy atom. The SMILES string of the molecule is CCS(=O)(=O)c1ccc(CNC(=O)c2ccc3c(c2)nc(C2CC2)n3Cc2cccc3c2OC(F)(F)O3)cc1. The third-order valence-corrected chi connectivity index (χ3v) is 8.69. The molecule has 1 aromatic heterocycles. The van der Waals surface area contributed by atoms with Crippen molar-refractivity contribution in [2.45, 2.75) is 50.0 Å². The molecule has 0 saturated heterocycles. The van der Waals surface area contributed by atoms with E-state index in [1.165, 1.54) is 6.07 Å². The number of fused-ring (bicyclic) bond motifs is 2. The van der Waals surface area contributed by atoms with Crippen molar-refractivity contribution in [1.82, 2.24) is 14.9 Å². The van der Waals surface area contributed by atoms with Gasteiger partial charge in [0.15, 0.2) is 21.3 Å². The summed E-state index contributed by atoms with van der Waals surface area (Å²) in [6, 6.07) is 16.5. The van der Waals surface area contributed by atoms with Crippen molar-refractivity contribution in [3.8, 4) is 11.5 Å². The van der Waals surface area contributed by atoms with Crippen LogP contribution in [0.4, 0.5) is 8.78 Å². The van der Waals surface area contributed by atoms with Crippen LogP contribution in [0, 0.1) is 0 Å². The maximum atomic E-state index is 13.7. The van der Waals surface area contributed by atoms with Crippen molar-refractivity contribution in [1.29, 1.82) is 0 Å². The largest absolute Gasteiger partial charge is 0.586 e. The first kappa shape index (κ1) is 25.3. The Kier molecular flexibility index (Phi) is 6.05. The number of carbonyl (C=O) groups is 1. The number of hydrogen-bond acceptors (Lipinski definition) is 6. The van der Waals surface area contributed by atoms with E-state index >= 15 is 0 Å². The second kappa shape index (κ2) is 9.33. The summed E-state index contributed by atoms with van der Waals surface area (Å²) < 4.78 is 62.8. The van der Waals surface area contributed by atoms with Crippen LogP contribution in [0.2, 0.25) is 0 Å². The Hall–Kier alpha value is -3.99. The van der Waals surface area contributed by atoms with Crippen LogP contribution in [-0.4, -0.2) is 35.9 Å². The number of nitrogens with zero attached hydrogens (tertiary/aromatic N) is 2. The van der Waals surface area contributed by atoms with Crippen LogP contribution >= 0.6 is 0 Å². The third kappa shape index (κ3) is 4.94. The van der Waals surface area contributed by atoms with Gasteiger partial charge in [0.25, 0.3) is 5.91 Å². The topological polar surface area (TPSA) is 99.5 Å². The number of sulfone groups is 1. The first-order valence-electron chi connectivity index (χ1n) is 12.6. The van der Waals surface area contributed by atoms with Crippen molar-refractivity contribution in [2.24, 2.45) is 0 Å². The lowest BCUT2D eigenvalue weighted by Gasteiger charge is -2.11. The first-order chi connectivity index (χ1) is 18.6. The smallest absolute Gasteiger partial charge is 0.395 e. The molecule has 8 nitrogen and oxygen atoms in total. The molecule has 3 aromatic carbocycles. The monoisotopic (exact) mass is 553 g/mol. The van der Waals surface area contributed by atoms with Gasteiger partial charge in [0.1, 0.15) is 5.82 Å². The van der Waals surface area contributed by atoms with Crippen LogP contribution in [0.5, 0.6) is 11.5 Å². The summed E-state index contributed by atoms with van der Waals surface area (Å²) in [5, 5.41) is 2.86. The number of alkyl halides is 2. The predicted molar refractivity (Wildman–Crippen MR) is 139 cm³/mol. The molecule has 1 aliphatic carbocycles. The number of ether oxygens (including phenoxy) is 2. The number of hydrogen-bond donors (Lipinski definition) is 1. The maximum Gasteiger partial charge on any atom is 0.586 e. The lowest BCUT2D eigenvalue weighted by atomic mass is 10.1. The summed E-state index contributed by atoms with van der Waals surface area (Å²) >= 11 is 0. The van der Waals surface area contributed by atoms with Gasteiger partial charge < -0.3 is 19.4 Å². The van der Waals surface area contributed by atoms with Crippen LogP contribution < -0.4 is 14.8 Å². The summed E-state index contributed by atoms with van der Waals surface area (Å²) in [6.45, 7) is 2.09. The van der Waals surface area contributed by atoms with Crippen LogP contribution in [-0.2, 0) is 22.9 Å². The van der Waals surface area contributed by atoms with Crippen LogP contribution in [0.3, 0.4) is 0 Å². The highest BCUT2D eigenvalue weighted by atomic mass is 32.2. The number of imidazole rings is 1. The number of carbonyl (C=O) groups excluding carboxylic acids is 1. The molecule has 0 unspecified atom stereocenters. The van der Waals surface area contributed by atoms with Crippen LogP contribution in [0.1, 0.15) is 53.0 Å². The van der Waals surface area contributed by atoms with Crippen molar-refractivity contribution in [2.75, 3.05) is 5.75 Å².